The normalized spacial score (nSPS) is 16.9. The van der Waals surface area contributed by atoms with Gasteiger partial charge in [-0.2, -0.15) is 0 Å². The number of nitrogens with one attached hydrogen (secondary N) is 1. The molecule has 21 heavy (non-hydrogen) atoms. The molecular weight excluding hydrogens is 270 g/mol. The molecule has 1 amide bonds. The Morgan fingerprint density at radius 2 is 2.14 bits per heavy atom. The van der Waals surface area contributed by atoms with E-state index < -0.39 is 24.0 Å². The predicted octanol–water partition coefficient (Wildman–Crippen LogP) is 2.13. The van der Waals surface area contributed by atoms with Crippen LogP contribution in [-0.2, 0) is 9.59 Å². The Balaban J connectivity index is 1.89. The van der Waals surface area contributed by atoms with Crippen molar-refractivity contribution in [2.45, 2.75) is 45.3 Å². The maximum atomic E-state index is 12.0. The first kappa shape index (κ1) is 15.4. The van der Waals surface area contributed by atoms with E-state index in [2.05, 4.69) is 5.32 Å². The second-order valence-corrected chi connectivity index (χ2v) is 5.66. The van der Waals surface area contributed by atoms with Crippen molar-refractivity contribution in [3.05, 3.63) is 29.8 Å². The van der Waals surface area contributed by atoms with Gasteiger partial charge in [-0.25, -0.2) is 4.79 Å². The number of carboxylic acids is 1. The van der Waals surface area contributed by atoms with Crippen molar-refractivity contribution in [3.63, 3.8) is 0 Å². The number of hydrogen-bond donors (Lipinski definition) is 2. The van der Waals surface area contributed by atoms with E-state index in [9.17, 15) is 9.59 Å². The number of carboxylic acid groups (broad SMARTS) is 1. The summed E-state index contributed by atoms with van der Waals surface area (Å²) < 4.78 is 5.55. The molecule has 0 aliphatic heterocycles. The number of aliphatic carboxylic acids is 1. The smallest absolute Gasteiger partial charge is 0.326 e. The monoisotopic (exact) mass is 291 g/mol. The molecule has 1 aromatic carbocycles. The molecular formula is C16H21NO4. The van der Waals surface area contributed by atoms with Crippen LogP contribution < -0.4 is 10.1 Å². The first-order valence-electron chi connectivity index (χ1n) is 7.22. The van der Waals surface area contributed by atoms with Gasteiger partial charge in [0.1, 0.15) is 11.8 Å². The molecule has 0 aromatic heterocycles. The third kappa shape index (κ3) is 4.77. The highest BCUT2D eigenvalue weighted by Crippen LogP contribution is 2.33. The Bertz CT molecular complexity index is 525. The van der Waals surface area contributed by atoms with Crippen LogP contribution in [0.4, 0.5) is 0 Å². The summed E-state index contributed by atoms with van der Waals surface area (Å²) in [6, 6.07) is 6.57. The average Bonchev–Trinajstić information content (AvgIpc) is 3.21. The summed E-state index contributed by atoms with van der Waals surface area (Å²) in [5.41, 5.74) is 1.04. The highest BCUT2D eigenvalue weighted by Gasteiger charge is 2.31. The number of aryl methyl sites for hydroxylation is 1. The lowest BCUT2D eigenvalue weighted by Gasteiger charge is -2.19. The Labute approximate surface area is 124 Å². The molecule has 0 heterocycles. The Morgan fingerprint density at radius 3 is 2.71 bits per heavy atom. The topological polar surface area (TPSA) is 75.6 Å². The minimum atomic E-state index is -0.988. The summed E-state index contributed by atoms with van der Waals surface area (Å²) in [6.07, 6.45) is 1.87. The van der Waals surface area contributed by atoms with E-state index in [0.29, 0.717) is 18.1 Å². The summed E-state index contributed by atoms with van der Waals surface area (Å²) in [5.74, 6) is -0.353. The number of ether oxygens (including phenoxy) is 1. The predicted molar refractivity (Wildman–Crippen MR) is 78.2 cm³/mol. The highest BCUT2D eigenvalue weighted by atomic mass is 16.5. The van der Waals surface area contributed by atoms with Crippen LogP contribution in [0.2, 0.25) is 0 Å². The fourth-order valence-electron chi connectivity index (χ4n) is 2.14. The molecule has 1 aromatic rings. The maximum Gasteiger partial charge on any atom is 0.326 e. The van der Waals surface area contributed by atoms with Gasteiger partial charge in [0.15, 0.2) is 6.10 Å². The highest BCUT2D eigenvalue weighted by molar-refractivity contribution is 5.86. The molecule has 2 unspecified atom stereocenters. The minimum absolute atomic E-state index is 0.399. The molecule has 0 spiro atoms. The second-order valence-electron chi connectivity index (χ2n) is 5.66. The van der Waals surface area contributed by atoms with E-state index in [4.69, 9.17) is 9.84 Å². The number of hydrogen-bond acceptors (Lipinski definition) is 3. The largest absolute Gasteiger partial charge is 0.481 e. The zero-order valence-corrected chi connectivity index (χ0v) is 12.3. The van der Waals surface area contributed by atoms with Crippen LogP contribution in [0, 0.1) is 12.8 Å². The molecule has 0 radical (unpaired) electrons. The molecule has 1 aliphatic carbocycles. The van der Waals surface area contributed by atoms with Crippen molar-refractivity contribution in [2.24, 2.45) is 5.92 Å². The van der Waals surface area contributed by atoms with Crippen molar-refractivity contribution in [1.29, 1.82) is 0 Å². The van der Waals surface area contributed by atoms with E-state index >= 15 is 0 Å². The van der Waals surface area contributed by atoms with E-state index in [-0.39, 0.29) is 0 Å². The lowest BCUT2D eigenvalue weighted by Crippen LogP contribution is -2.46. The van der Waals surface area contributed by atoms with Crippen LogP contribution in [-0.4, -0.2) is 29.1 Å². The van der Waals surface area contributed by atoms with Gasteiger partial charge in [-0.05, 0) is 43.9 Å². The van der Waals surface area contributed by atoms with Crippen molar-refractivity contribution in [2.75, 3.05) is 0 Å². The average molecular weight is 291 g/mol. The van der Waals surface area contributed by atoms with Crippen LogP contribution in [0.5, 0.6) is 5.75 Å². The Morgan fingerprint density at radius 1 is 1.43 bits per heavy atom. The molecule has 1 fully saturated rings. The quantitative estimate of drug-likeness (QED) is 0.807. The van der Waals surface area contributed by atoms with E-state index in [0.717, 1.165) is 18.4 Å². The summed E-state index contributed by atoms with van der Waals surface area (Å²) in [5, 5.41) is 11.7. The third-order valence-corrected chi connectivity index (χ3v) is 3.55. The summed E-state index contributed by atoms with van der Waals surface area (Å²) >= 11 is 0. The maximum absolute atomic E-state index is 12.0. The first-order chi connectivity index (χ1) is 9.95. The molecule has 2 rings (SSSR count). The summed E-state index contributed by atoms with van der Waals surface area (Å²) in [4.78, 5) is 23.2. The third-order valence-electron chi connectivity index (χ3n) is 3.55. The van der Waals surface area contributed by atoms with Gasteiger partial charge in [0, 0.05) is 0 Å². The Kier molecular flexibility index (Phi) is 4.83. The van der Waals surface area contributed by atoms with Gasteiger partial charge in [-0.3, -0.25) is 4.79 Å². The van der Waals surface area contributed by atoms with Gasteiger partial charge in [-0.1, -0.05) is 25.0 Å². The standard InChI is InChI=1S/C16H21NO4/c1-10-4-3-5-13(8-10)21-11(2)15(18)17-14(16(19)20)9-12-6-7-12/h3-5,8,11-12,14H,6-7,9H2,1-2H3,(H,17,18)(H,19,20). The minimum Gasteiger partial charge on any atom is -0.481 e. The van der Waals surface area contributed by atoms with Gasteiger partial charge < -0.3 is 15.2 Å². The first-order valence-corrected chi connectivity index (χ1v) is 7.22. The van der Waals surface area contributed by atoms with Crippen molar-refractivity contribution in [1.82, 2.24) is 5.32 Å². The fourth-order valence-corrected chi connectivity index (χ4v) is 2.14. The van der Waals surface area contributed by atoms with Crippen LogP contribution in [0.1, 0.15) is 31.7 Å². The lowest BCUT2D eigenvalue weighted by atomic mass is 10.1. The zero-order valence-electron chi connectivity index (χ0n) is 12.3. The number of carbonyl (C=O) groups excluding carboxylic acids is 1. The van der Waals surface area contributed by atoms with Gasteiger partial charge in [-0.15, -0.1) is 0 Å². The molecule has 1 aliphatic rings. The second kappa shape index (κ2) is 6.61. The molecule has 2 N–H and O–H groups in total. The summed E-state index contributed by atoms with van der Waals surface area (Å²) in [7, 11) is 0. The van der Waals surface area contributed by atoms with E-state index in [1.807, 2.05) is 25.1 Å². The van der Waals surface area contributed by atoms with Gasteiger partial charge in [0.05, 0.1) is 0 Å². The SMILES string of the molecule is Cc1cccc(OC(C)C(=O)NC(CC2CC2)C(=O)O)c1. The molecule has 1 saturated carbocycles. The van der Waals surface area contributed by atoms with Crippen LogP contribution in [0.25, 0.3) is 0 Å². The molecule has 5 nitrogen and oxygen atoms in total. The summed E-state index contributed by atoms with van der Waals surface area (Å²) in [6.45, 7) is 3.56. The molecule has 5 heteroatoms. The molecule has 2 atom stereocenters. The fraction of sp³-hybridized carbons (Fsp3) is 0.500. The van der Waals surface area contributed by atoms with Crippen molar-refractivity contribution < 1.29 is 19.4 Å². The van der Waals surface area contributed by atoms with Gasteiger partial charge >= 0.3 is 5.97 Å². The van der Waals surface area contributed by atoms with Crippen LogP contribution >= 0.6 is 0 Å². The molecule has 0 saturated heterocycles. The lowest BCUT2D eigenvalue weighted by molar-refractivity contribution is -0.143. The van der Waals surface area contributed by atoms with Crippen LogP contribution in [0.3, 0.4) is 0 Å². The molecule has 114 valence electrons. The van der Waals surface area contributed by atoms with Gasteiger partial charge in [0.25, 0.3) is 5.91 Å². The van der Waals surface area contributed by atoms with Crippen molar-refractivity contribution in [3.8, 4) is 5.75 Å². The Hall–Kier alpha value is -2.04. The number of benzene rings is 1. The van der Waals surface area contributed by atoms with E-state index in [1.54, 1.807) is 13.0 Å². The van der Waals surface area contributed by atoms with Gasteiger partial charge in [0.2, 0.25) is 0 Å². The number of carbonyl (C=O) groups is 2. The van der Waals surface area contributed by atoms with Crippen LogP contribution in [0.15, 0.2) is 24.3 Å². The zero-order chi connectivity index (χ0) is 15.4. The van der Waals surface area contributed by atoms with E-state index in [1.165, 1.54) is 0 Å². The number of amides is 1. The molecule has 0 bridgehead atoms. The number of rotatable bonds is 7. The van der Waals surface area contributed by atoms with Crippen molar-refractivity contribution >= 4 is 11.9 Å².